The van der Waals surface area contributed by atoms with E-state index < -0.39 is 0 Å². The van der Waals surface area contributed by atoms with E-state index in [1.54, 1.807) is 0 Å². The normalized spacial score (nSPS) is 12.6. The minimum Gasteiger partial charge on any atom is -0.395 e. The van der Waals surface area contributed by atoms with E-state index in [-0.39, 0.29) is 6.61 Å². The molecule has 0 aliphatic heterocycles. The van der Waals surface area contributed by atoms with Crippen molar-refractivity contribution in [3.8, 4) is 0 Å². The molecule has 1 aromatic carbocycles. The third kappa shape index (κ3) is 4.77. The van der Waals surface area contributed by atoms with Gasteiger partial charge in [0.25, 0.3) is 0 Å². The summed E-state index contributed by atoms with van der Waals surface area (Å²) in [6, 6.07) is 10.9. The molecule has 1 atom stereocenters. The van der Waals surface area contributed by atoms with Crippen molar-refractivity contribution >= 4 is 0 Å². The summed E-state index contributed by atoms with van der Waals surface area (Å²) in [5.41, 5.74) is 1.33. The summed E-state index contributed by atoms with van der Waals surface area (Å²) in [6.07, 6.45) is 4.93. The second-order valence-corrected chi connectivity index (χ2v) is 4.14. The number of nitrogens with one attached hydrogen (secondary N) is 1. The quantitative estimate of drug-likeness (QED) is 0.662. The average Bonchev–Trinajstić information content (AvgIpc) is 2.35. The first-order valence-electron chi connectivity index (χ1n) is 6.27. The Balaban J connectivity index is 2.49. The van der Waals surface area contributed by atoms with Crippen molar-refractivity contribution < 1.29 is 5.11 Å². The molecule has 0 aliphatic rings. The van der Waals surface area contributed by atoms with E-state index in [1.165, 1.54) is 24.8 Å². The fraction of sp³-hybridized carbons (Fsp3) is 0.571. The van der Waals surface area contributed by atoms with Crippen LogP contribution in [-0.4, -0.2) is 18.3 Å². The molecule has 2 heteroatoms. The molecule has 16 heavy (non-hydrogen) atoms. The van der Waals surface area contributed by atoms with Gasteiger partial charge in [-0.1, -0.05) is 56.5 Å². The third-order valence-electron chi connectivity index (χ3n) is 2.80. The van der Waals surface area contributed by atoms with Gasteiger partial charge in [-0.3, -0.25) is 0 Å². The Labute approximate surface area is 98.7 Å². The van der Waals surface area contributed by atoms with Crippen LogP contribution in [0.5, 0.6) is 0 Å². The molecule has 1 rings (SSSR count). The van der Waals surface area contributed by atoms with Crippen LogP contribution in [0, 0.1) is 0 Å². The lowest BCUT2D eigenvalue weighted by Gasteiger charge is -2.18. The molecule has 0 saturated carbocycles. The van der Waals surface area contributed by atoms with Crippen LogP contribution in [0.15, 0.2) is 30.3 Å². The van der Waals surface area contributed by atoms with Crippen molar-refractivity contribution in [2.75, 3.05) is 13.2 Å². The Hall–Kier alpha value is -0.860. The highest BCUT2D eigenvalue weighted by Crippen LogP contribution is 2.19. The monoisotopic (exact) mass is 221 g/mol. The third-order valence-corrected chi connectivity index (χ3v) is 2.80. The van der Waals surface area contributed by atoms with Crippen molar-refractivity contribution in [3.63, 3.8) is 0 Å². The lowest BCUT2D eigenvalue weighted by Crippen LogP contribution is -2.24. The molecule has 0 aromatic heterocycles. The van der Waals surface area contributed by atoms with E-state index >= 15 is 0 Å². The summed E-state index contributed by atoms with van der Waals surface area (Å²) < 4.78 is 0. The van der Waals surface area contributed by atoms with E-state index in [1.807, 2.05) is 6.07 Å². The van der Waals surface area contributed by atoms with Gasteiger partial charge in [0.2, 0.25) is 0 Å². The number of hydrogen-bond donors (Lipinski definition) is 2. The van der Waals surface area contributed by atoms with Gasteiger partial charge in [0.15, 0.2) is 0 Å². The molecule has 0 radical (unpaired) electrons. The van der Waals surface area contributed by atoms with Gasteiger partial charge in [-0.2, -0.15) is 0 Å². The van der Waals surface area contributed by atoms with Crippen molar-refractivity contribution in [1.82, 2.24) is 5.32 Å². The first-order valence-corrected chi connectivity index (χ1v) is 6.27. The van der Waals surface area contributed by atoms with Crippen LogP contribution in [0.4, 0.5) is 0 Å². The SMILES string of the molecule is CCCCCC(NCCO)c1ccccc1. The number of aliphatic hydroxyl groups is 1. The van der Waals surface area contributed by atoms with Crippen LogP contribution >= 0.6 is 0 Å². The molecule has 1 aromatic rings. The van der Waals surface area contributed by atoms with Gasteiger partial charge in [0.1, 0.15) is 0 Å². The molecule has 0 fully saturated rings. The van der Waals surface area contributed by atoms with Crippen molar-refractivity contribution in [2.45, 2.75) is 38.6 Å². The maximum absolute atomic E-state index is 8.87. The molecule has 0 spiro atoms. The second-order valence-electron chi connectivity index (χ2n) is 4.14. The molecule has 2 nitrogen and oxygen atoms in total. The zero-order valence-corrected chi connectivity index (χ0v) is 10.2. The largest absolute Gasteiger partial charge is 0.395 e. The minimum absolute atomic E-state index is 0.205. The molecule has 2 N–H and O–H groups in total. The van der Waals surface area contributed by atoms with Gasteiger partial charge >= 0.3 is 0 Å². The lowest BCUT2D eigenvalue weighted by molar-refractivity contribution is 0.281. The van der Waals surface area contributed by atoms with Gasteiger partial charge in [-0.25, -0.2) is 0 Å². The van der Waals surface area contributed by atoms with E-state index in [0.717, 1.165) is 6.42 Å². The van der Waals surface area contributed by atoms with Crippen LogP contribution in [0.25, 0.3) is 0 Å². The second kappa shape index (κ2) is 8.31. The number of hydrogen-bond acceptors (Lipinski definition) is 2. The van der Waals surface area contributed by atoms with E-state index in [0.29, 0.717) is 12.6 Å². The number of benzene rings is 1. The standard InChI is InChI=1S/C14H23NO/c1-2-3-5-10-14(15-11-12-16)13-8-6-4-7-9-13/h4,6-9,14-16H,2-3,5,10-12H2,1H3. The Morgan fingerprint density at radius 3 is 2.56 bits per heavy atom. The van der Waals surface area contributed by atoms with Gasteiger partial charge in [0.05, 0.1) is 6.61 Å². The summed E-state index contributed by atoms with van der Waals surface area (Å²) in [5, 5.41) is 12.3. The Morgan fingerprint density at radius 2 is 1.94 bits per heavy atom. The average molecular weight is 221 g/mol. The molecule has 0 bridgehead atoms. The Morgan fingerprint density at radius 1 is 1.19 bits per heavy atom. The van der Waals surface area contributed by atoms with Gasteiger partial charge in [-0.15, -0.1) is 0 Å². The maximum atomic E-state index is 8.87. The van der Waals surface area contributed by atoms with Crippen LogP contribution < -0.4 is 5.32 Å². The minimum atomic E-state index is 0.205. The maximum Gasteiger partial charge on any atom is 0.0556 e. The lowest BCUT2D eigenvalue weighted by atomic mass is 10.0. The summed E-state index contributed by atoms with van der Waals surface area (Å²) >= 11 is 0. The van der Waals surface area contributed by atoms with Crippen LogP contribution in [-0.2, 0) is 0 Å². The first kappa shape index (κ1) is 13.2. The van der Waals surface area contributed by atoms with Crippen LogP contribution in [0.2, 0.25) is 0 Å². The van der Waals surface area contributed by atoms with Gasteiger partial charge < -0.3 is 10.4 Å². The highest BCUT2D eigenvalue weighted by Gasteiger charge is 2.09. The van der Waals surface area contributed by atoms with E-state index in [4.69, 9.17) is 5.11 Å². The Bertz CT molecular complexity index is 261. The number of rotatable bonds is 8. The predicted octanol–water partition coefficient (Wildman–Crippen LogP) is 2.89. The van der Waals surface area contributed by atoms with Gasteiger partial charge in [-0.05, 0) is 12.0 Å². The molecular formula is C14H23NO. The van der Waals surface area contributed by atoms with Gasteiger partial charge in [0, 0.05) is 12.6 Å². The van der Waals surface area contributed by atoms with Crippen molar-refractivity contribution in [1.29, 1.82) is 0 Å². The number of unbranched alkanes of at least 4 members (excludes halogenated alkanes) is 2. The summed E-state index contributed by atoms with van der Waals surface area (Å²) in [7, 11) is 0. The molecule has 0 saturated heterocycles. The highest BCUT2D eigenvalue weighted by atomic mass is 16.3. The summed E-state index contributed by atoms with van der Waals surface area (Å²) in [5.74, 6) is 0. The predicted molar refractivity (Wildman–Crippen MR) is 68.4 cm³/mol. The molecule has 1 unspecified atom stereocenters. The highest BCUT2D eigenvalue weighted by molar-refractivity contribution is 5.18. The van der Waals surface area contributed by atoms with Crippen LogP contribution in [0.3, 0.4) is 0 Å². The molecule has 90 valence electrons. The van der Waals surface area contributed by atoms with Crippen LogP contribution in [0.1, 0.15) is 44.2 Å². The fourth-order valence-corrected chi connectivity index (χ4v) is 1.91. The van der Waals surface area contributed by atoms with E-state index in [9.17, 15) is 0 Å². The van der Waals surface area contributed by atoms with Crippen molar-refractivity contribution in [2.24, 2.45) is 0 Å². The van der Waals surface area contributed by atoms with E-state index in [2.05, 4.69) is 36.5 Å². The zero-order valence-electron chi connectivity index (χ0n) is 10.2. The fourth-order valence-electron chi connectivity index (χ4n) is 1.91. The molecule has 0 amide bonds. The first-order chi connectivity index (χ1) is 7.88. The topological polar surface area (TPSA) is 32.3 Å². The summed E-state index contributed by atoms with van der Waals surface area (Å²) in [6.45, 7) is 3.10. The zero-order chi connectivity index (χ0) is 11.6. The number of aliphatic hydroxyl groups excluding tert-OH is 1. The molecule has 0 aliphatic carbocycles. The molecular weight excluding hydrogens is 198 g/mol. The smallest absolute Gasteiger partial charge is 0.0556 e. The Kier molecular flexibility index (Phi) is 6.86. The summed E-state index contributed by atoms with van der Waals surface area (Å²) in [4.78, 5) is 0. The van der Waals surface area contributed by atoms with Crippen molar-refractivity contribution in [3.05, 3.63) is 35.9 Å². The molecule has 0 heterocycles.